The van der Waals surface area contributed by atoms with Gasteiger partial charge in [0, 0.05) is 12.5 Å². The van der Waals surface area contributed by atoms with Gasteiger partial charge in [0.05, 0.1) is 6.54 Å². The van der Waals surface area contributed by atoms with Crippen molar-refractivity contribution in [1.29, 1.82) is 0 Å². The first-order valence-corrected chi connectivity index (χ1v) is 6.53. The molecule has 0 bridgehead atoms. The largest absolute Gasteiger partial charge is 0.340 e. The third-order valence-corrected chi connectivity index (χ3v) is 4.27. The number of imide groups is 1. The molecular weight excluding hydrogens is 234 g/mol. The maximum Gasteiger partial charge on any atom is 0.322 e. The van der Waals surface area contributed by atoms with Gasteiger partial charge in [0.2, 0.25) is 5.91 Å². The van der Waals surface area contributed by atoms with Crippen LogP contribution in [0.1, 0.15) is 32.1 Å². The molecule has 6 heteroatoms. The van der Waals surface area contributed by atoms with Crippen LogP contribution >= 0.6 is 0 Å². The molecule has 2 aliphatic heterocycles. The molecule has 1 unspecified atom stereocenters. The number of carbonyl (C=O) groups excluding carboxylic acids is 3. The van der Waals surface area contributed by atoms with Gasteiger partial charge < -0.3 is 10.2 Å². The Morgan fingerprint density at radius 3 is 2.61 bits per heavy atom. The second kappa shape index (κ2) is 3.96. The Labute approximate surface area is 105 Å². The molecule has 18 heavy (non-hydrogen) atoms. The van der Waals surface area contributed by atoms with E-state index in [0.717, 1.165) is 25.7 Å². The van der Waals surface area contributed by atoms with Crippen molar-refractivity contribution in [2.24, 2.45) is 5.92 Å². The Morgan fingerprint density at radius 1 is 1.28 bits per heavy atom. The summed E-state index contributed by atoms with van der Waals surface area (Å²) in [6.07, 6.45) is 4.40. The summed E-state index contributed by atoms with van der Waals surface area (Å²) in [4.78, 5) is 37.0. The lowest BCUT2D eigenvalue weighted by Gasteiger charge is -2.40. The average molecular weight is 251 g/mol. The molecule has 2 saturated heterocycles. The molecule has 1 aliphatic carbocycles. The van der Waals surface area contributed by atoms with Crippen LogP contribution in [0.15, 0.2) is 0 Å². The minimum atomic E-state index is -0.880. The van der Waals surface area contributed by atoms with E-state index in [-0.39, 0.29) is 17.7 Å². The second-order valence-corrected chi connectivity index (χ2v) is 5.48. The van der Waals surface area contributed by atoms with Gasteiger partial charge in [-0.3, -0.25) is 14.9 Å². The Morgan fingerprint density at radius 2 is 2.06 bits per heavy atom. The van der Waals surface area contributed by atoms with Gasteiger partial charge in [0.15, 0.2) is 0 Å². The number of amides is 4. The Hall–Kier alpha value is -1.59. The average Bonchev–Trinajstić information content (AvgIpc) is 2.51. The van der Waals surface area contributed by atoms with Crippen molar-refractivity contribution in [2.45, 2.75) is 37.6 Å². The van der Waals surface area contributed by atoms with E-state index in [1.807, 2.05) is 0 Å². The van der Waals surface area contributed by atoms with Crippen LogP contribution in [0.2, 0.25) is 0 Å². The molecule has 1 atom stereocenters. The number of piperidine rings is 1. The standard InChI is InChI=1S/C12H17N3O3/c16-9(8-3-1-4-8)15-6-2-5-12(7-15)10(17)13-11(18)14-12/h8H,1-7H2,(H2,13,14,17,18). The lowest BCUT2D eigenvalue weighted by Crippen LogP contribution is -2.60. The molecule has 3 rings (SSSR count). The van der Waals surface area contributed by atoms with Crippen LogP contribution in [0.5, 0.6) is 0 Å². The van der Waals surface area contributed by atoms with E-state index < -0.39 is 11.6 Å². The summed E-state index contributed by atoms with van der Waals surface area (Å²) in [6.45, 7) is 1.01. The third-order valence-electron chi connectivity index (χ3n) is 4.27. The number of nitrogens with one attached hydrogen (secondary N) is 2. The van der Waals surface area contributed by atoms with Gasteiger partial charge in [-0.25, -0.2) is 4.79 Å². The van der Waals surface area contributed by atoms with Gasteiger partial charge in [-0.1, -0.05) is 6.42 Å². The highest BCUT2D eigenvalue weighted by Gasteiger charge is 2.50. The number of carbonyl (C=O) groups is 3. The molecule has 1 saturated carbocycles. The van der Waals surface area contributed by atoms with E-state index in [4.69, 9.17) is 0 Å². The van der Waals surface area contributed by atoms with Crippen molar-refractivity contribution < 1.29 is 14.4 Å². The predicted molar refractivity (Wildman–Crippen MR) is 62.6 cm³/mol. The molecule has 98 valence electrons. The number of rotatable bonds is 1. The van der Waals surface area contributed by atoms with E-state index in [1.165, 1.54) is 0 Å². The van der Waals surface area contributed by atoms with Gasteiger partial charge in [-0.15, -0.1) is 0 Å². The fourth-order valence-corrected chi connectivity index (χ4v) is 2.97. The number of urea groups is 1. The first-order chi connectivity index (χ1) is 8.61. The summed E-state index contributed by atoms with van der Waals surface area (Å²) in [6, 6.07) is -0.446. The zero-order valence-electron chi connectivity index (χ0n) is 10.2. The molecule has 3 fully saturated rings. The van der Waals surface area contributed by atoms with Crippen molar-refractivity contribution in [3.05, 3.63) is 0 Å². The lowest BCUT2D eigenvalue weighted by atomic mass is 9.82. The second-order valence-electron chi connectivity index (χ2n) is 5.48. The van der Waals surface area contributed by atoms with Crippen LogP contribution < -0.4 is 10.6 Å². The van der Waals surface area contributed by atoms with Crippen molar-refractivity contribution in [2.75, 3.05) is 13.1 Å². The molecule has 0 aromatic rings. The normalized spacial score (nSPS) is 32.1. The van der Waals surface area contributed by atoms with Crippen LogP contribution in [0, 0.1) is 5.92 Å². The molecule has 6 nitrogen and oxygen atoms in total. The minimum Gasteiger partial charge on any atom is -0.340 e. The third kappa shape index (κ3) is 1.67. The smallest absolute Gasteiger partial charge is 0.322 e. The summed E-state index contributed by atoms with van der Waals surface area (Å²) in [5.74, 6) is -0.00630. The summed E-state index contributed by atoms with van der Waals surface area (Å²) >= 11 is 0. The predicted octanol–water partition coefficient (Wildman–Crippen LogP) is -0.0129. The van der Waals surface area contributed by atoms with E-state index in [1.54, 1.807) is 4.90 Å². The highest BCUT2D eigenvalue weighted by atomic mass is 16.2. The van der Waals surface area contributed by atoms with Gasteiger partial charge in [-0.2, -0.15) is 0 Å². The maximum atomic E-state index is 12.2. The topological polar surface area (TPSA) is 78.5 Å². The summed E-state index contributed by atoms with van der Waals surface area (Å²) < 4.78 is 0. The van der Waals surface area contributed by atoms with Gasteiger partial charge in [0.25, 0.3) is 5.91 Å². The Kier molecular flexibility index (Phi) is 2.53. The van der Waals surface area contributed by atoms with Crippen molar-refractivity contribution in [3.8, 4) is 0 Å². The zero-order chi connectivity index (χ0) is 12.8. The molecule has 2 N–H and O–H groups in total. The Balaban J connectivity index is 1.73. The van der Waals surface area contributed by atoms with Crippen molar-refractivity contribution >= 4 is 17.8 Å². The molecule has 4 amide bonds. The number of hydrogen-bond acceptors (Lipinski definition) is 3. The molecule has 1 spiro atoms. The van der Waals surface area contributed by atoms with Gasteiger partial charge >= 0.3 is 6.03 Å². The van der Waals surface area contributed by atoms with Crippen LogP contribution in [0.3, 0.4) is 0 Å². The lowest BCUT2D eigenvalue weighted by molar-refractivity contribution is -0.142. The number of hydrogen-bond donors (Lipinski definition) is 2. The SMILES string of the molecule is O=C1NC(=O)C2(CCCN(C(=O)C3CCC3)C2)N1. The zero-order valence-corrected chi connectivity index (χ0v) is 10.2. The Bertz CT molecular complexity index is 419. The molecule has 0 radical (unpaired) electrons. The van der Waals surface area contributed by atoms with Crippen molar-refractivity contribution in [1.82, 2.24) is 15.5 Å². The first kappa shape index (κ1) is 11.5. The van der Waals surface area contributed by atoms with Gasteiger partial charge in [0.1, 0.15) is 5.54 Å². The molecule has 0 aromatic heterocycles. The van der Waals surface area contributed by atoms with E-state index >= 15 is 0 Å². The fraction of sp³-hybridized carbons (Fsp3) is 0.750. The summed E-state index contributed by atoms with van der Waals surface area (Å²) in [5.41, 5.74) is -0.880. The molecule has 0 aromatic carbocycles. The number of nitrogens with zero attached hydrogens (tertiary/aromatic N) is 1. The maximum absolute atomic E-state index is 12.2. The van der Waals surface area contributed by atoms with E-state index in [2.05, 4.69) is 10.6 Å². The molecular formula is C12H17N3O3. The van der Waals surface area contributed by atoms with Crippen LogP contribution in [0.4, 0.5) is 4.79 Å². The fourth-order valence-electron chi connectivity index (χ4n) is 2.97. The van der Waals surface area contributed by atoms with Crippen LogP contribution in [-0.4, -0.2) is 41.4 Å². The highest BCUT2D eigenvalue weighted by Crippen LogP contribution is 2.31. The summed E-state index contributed by atoms with van der Waals surface area (Å²) in [7, 11) is 0. The quantitative estimate of drug-likeness (QED) is 0.643. The molecule has 3 aliphatic rings. The molecule has 2 heterocycles. The van der Waals surface area contributed by atoms with E-state index in [9.17, 15) is 14.4 Å². The van der Waals surface area contributed by atoms with Crippen LogP contribution in [0.25, 0.3) is 0 Å². The monoisotopic (exact) mass is 251 g/mol. The number of likely N-dealkylation sites (tertiary alicyclic amines) is 1. The summed E-state index contributed by atoms with van der Waals surface area (Å²) in [5, 5.41) is 4.95. The van der Waals surface area contributed by atoms with Crippen LogP contribution in [-0.2, 0) is 9.59 Å². The van der Waals surface area contributed by atoms with Crippen molar-refractivity contribution in [3.63, 3.8) is 0 Å². The van der Waals surface area contributed by atoms with Gasteiger partial charge in [-0.05, 0) is 25.7 Å². The minimum absolute atomic E-state index is 0.139. The van der Waals surface area contributed by atoms with E-state index in [0.29, 0.717) is 19.5 Å². The first-order valence-electron chi connectivity index (χ1n) is 6.53. The highest BCUT2D eigenvalue weighted by molar-refractivity contribution is 6.07.